The molecule has 2 aromatic heterocycles. The lowest BCUT2D eigenvalue weighted by molar-refractivity contribution is -0.111. The zero-order valence-corrected chi connectivity index (χ0v) is 8.54. The highest BCUT2D eigenvalue weighted by atomic mass is 32.1. The maximum Gasteiger partial charge on any atom is 0.257 e. The lowest BCUT2D eigenvalue weighted by Gasteiger charge is -2.01. The number of amides is 1. The molecule has 0 saturated heterocycles. The molecule has 15 heavy (non-hydrogen) atoms. The third-order valence-electron chi connectivity index (χ3n) is 1.75. The number of nitrogens with zero attached hydrogens (tertiary/aromatic N) is 2. The maximum absolute atomic E-state index is 11.6. The van der Waals surface area contributed by atoms with Crippen molar-refractivity contribution in [3.8, 4) is 0 Å². The van der Waals surface area contributed by atoms with Crippen LogP contribution in [-0.4, -0.2) is 21.3 Å². The van der Waals surface area contributed by atoms with Crippen LogP contribution in [0.1, 0.15) is 4.88 Å². The van der Waals surface area contributed by atoms with E-state index in [-0.39, 0.29) is 5.91 Å². The Balaban J connectivity index is 2.06. The highest BCUT2D eigenvalue weighted by Crippen LogP contribution is 2.19. The number of carbonyl (C=O) groups is 1. The van der Waals surface area contributed by atoms with Crippen LogP contribution in [0.2, 0.25) is 0 Å². The van der Waals surface area contributed by atoms with Gasteiger partial charge in [-0.15, -0.1) is 16.4 Å². The summed E-state index contributed by atoms with van der Waals surface area (Å²) in [5.74, 6) is 0.115. The van der Waals surface area contributed by atoms with Crippen LogP contribution in [0.5, 0.6) is 0 Å². The topological polar surface area (TPSA) is 70.7 Å². The van der Waals surface area contributed by atoms with Crippen molar-refractivity contribution in [1.82, 2.24) is 15.4 Å². The van der Waals surface area contributed by atoms with E-state index in [2.05, 4.69) is 27.3 Å². The normalized spacial score (nSPS) is 9.87. The van der Waals surface area contributed by atoms with Crippen LogP contribution in [0, 0.1) is 0 Å². The first-order valence-electron chi connectivity index (χ1n) is 4.17. The molecule has 0 atom stereocenters. The van der Waals surface area contributed by atoms with Crippen molar-refractivity contribution in [2.24, 2.45) is 0 Å². The van der Waals surface area contributed by atoms with Crippen molar-refractivity contribution in [3.05, 3.63) is 35.2 Å². The predicted molar refractivity (Wildman–Crippen MR) is 58.4 cm³/mol. The van der Waals surface area contributed by atoms with Crippen LogP contribution < -0.4 is 5.32 Å². The first-order chi connectivity index (χ1) is 7.27. The number of H-pyrrole nitrogens is 1. The van der Waals surface area contributed by atoms with Crippen LogP contribution in [0.25, 0.3) is 5.57 Å². The largest absolute Gasteiger partial charge is 0.304 e. The molecule has 0 aliphatic carbocycles. The Morgan fingerprint density at radius 2 is 2.47 bits per heavy atom. The average Bonchev–Trinajstić information content (AvgIpc) is 2.88. The van der Waals surface area contributed by atoms with Crippen LogP contribution in [-0.2, 0) is 4.79 Å². The number of hydrogen-bond acceptors (Lipinski definition) is 4. The number of hydrogen-bond donors (Lipinski definition) is 2. The highest BCUT2D eigenvalue weighted by Gasteiger charge is 2.11. The van der Waals surface area contributed by atoms with Gasteiger partial charge in [-0.1, -0.05) is 12.6 Å². The van der Waals surface area contributed by atoms with Crippen molar-refractivity contribution < 1.29 is 4.79 Å². The Kier molecular flexibility index (Phi) is 2.59. The van der Waals surface area contributed by atoms with E-state index in [1.807, 2.05) is 17.5 Å². The molecule has 5 nitrogen and oxygen atoms in total. The Morgan fingerprint density at radius 1 is 1.60 bits per heavy atom. The van der Waals surface area contributed by atoms with Gasteiger partial charge in [-0.3, -0.25) is 4.79 Å². The Morgan fingerprint density at radius 3 is 3.07 bits per heavy atom. The van der Waals surface area contributed by atoms with Crippen molar-refractivity contribution >= 4 is 28.6 Å². The second kappa shape index (κ2) is 4.05. The second-order valence-corrected chi connectivity index (χ2v) is 3.71. The zero-order valence-electron chi connectivity index (χ0n) is 7.73. The predicted octanol–water partition coefficient (Wildman–Crippen LogP) is 1.52. The third-order valence-corrected chi connectivity index (χ3v) is 2.68. The first kappa shape index (κ1) is 9.60. The number of aromatic nitrogens is 3. The minimum atomic E-state index is -0.272. The molecule has 0 radical (unpaired) electrons. The van der Waals surface area contributed by atoms with Crippen molar-refractivity contribution in [2.75, 3.05) is 5.32 Å². The summed E-state index contributed by atoms with van der Waals surface area (Å²) in [5, 5.41) is 14.2. The van der Waals surface area contributed by atoms with Crippen molar-refractivity contribution in [3.63, 3.8) is 0 Å². The molecule has 0 aliphatic heterocycles. The van der Waals surface area contributed by atoms with Gasteiger partial charge in [0.25, 0.3) is 5.91 Å². The van der Waals surface area contributed by atoms with E-state index in [9.17, 15) is 4.79 Å². The number of thiophene rings is 1. The molecule has 0 bridgehead atoms. The molecule has 6 heteroatoms. The minimum absolute atomic E-state index is 0.272. The maximum atomic E-state index is 11.6. The van der Waals surface area contributed by atoms with Crippen LogP contribution >= 0.6 is 11.3 Å². The molecule has 0 aromatic carbocycles. The summed E-state index contributed by atoms with van der Waals surface area (Å²) in [6, 6.07) is 3.71. The second-order valence-electron chi connectivity index (χ2n) is 2.77. The summed E-state index contributed by atoms with van der Waals surface area (Å²) >= 11 is 1.47. The number of nitrogens with one attached hydrogen (secondary N) is 2. The molecular weight excluding hydrogens is 212 g/mol. The number of rotatable bonds is 3. The Bertz CT molecular complexity index is 460. The summed E-state index contributed by atoms with van der Waals surface area (Å²) in [5.41, 5.74) is 0.424. The van der Waals surface area contributed by atoms with Crippen LogP contribution in [0.4, 0.5) is 5.82 Å². The highest BCUT2D eigenvalue weighted by molar-refractivity contribution is 7.11. The third kappa shape index (κ3) is 2.10. The average molecular weight is 220 g/mol. The van der Waals surface area contributed by atoms with Gasteiger partial charge in [0, 0.05) is 10.5 Å². The standard InChI is InChI=1S/C9H8N4OS/c1-6(7-3-2-4-15-7)9(14)11-8-5-10-13-12-8/h2-5H,1H2,(H2,10,11,12,13,14). The van der Waals surface area contributed by atoms with Gasteiger partial charge in [-0.05, 0) is 11.4 Å². The summed E-state index contributed by atoms with van der Waals surface area (Å²) in [7, 11) is 0. The van der Waals surface area contributed by atoms with Gasteiger partial charge in [0.05, 0.1) is 6.20 Å². The van der Waals surface area contributed by atoms with E-state index in [1.165, 1.54) is 17.5 Å². The summed E-state index contributed by atoms with van der Waals surface area (Å²) in [4.78, 5) is 12.5. The molecule has 2 rings (SSSR count). The summed E-state index contributed by atoms with van der Waals surface area (Å²) in [6.07, 6.45) is 1.43. The fourth-order valence-corrected chi connectivity index (χ4v) is 1.71. The van der Waals surface area contributed by atoms with E-state index in [0.717, 1.165) is 4.88 Å². The van der Waals surface area contributed by atoms with E-state index in [0.29, 0.717) is 11.4 Å². The molecule has 2 N–H and O–H groups in total. The fraction of sp³-hybridized carbons (Fsp3) is 0. The molecular formula is C9H8N4OS. The van der Waals surface area contributed by atoms with Gasteiger partial charge in [0.1, 0.15) is 0 Å². The summed E-state index contributed by atoms with van der Waals surface area (Å²) < 4.78 is 0. The van der Waals surface area contributed by atoms with Crippen LogP contribution in [0.15, 0.2) is 30.3 Å². The fourth-order valence-electron chi connectivity index (χ4n) is 1.02. The molecule has 2 heterocycles. The molecule has 0 saturated carbocycles. The molecule has 0 unspecified atom stereocenters. The Labute approximate surface area is 89.8 Å². The monoisotopic (exact) mass is 220 g/mol. The number of anilines is 1. The van der Waals surface area contributed by atoms with Gasteiger partial charge in [-0.25, -0.2) is 0 Å². The number of carbonyl (C=O) groups excluding carboxylic acids is 1. The molecule has 0 aliphatic rings. The van der Waals surface area contributed by atoms with Gasteiger partial charge in [0.15, 0.2) is 5.82 Å². The van der Waals surface area contributed by atoms with Crippen LogP contribution in [0.3, 0.4) is 0 Å². The Hall–Kier alpha value is -1.95. The summed E-state index contributed by atoms with van der Waals surface area (Å²) in [6.45, 7) is 3.72. The van der Waals surface area contributed by atoms with Crippen molar-refractivity contribution in [1.29, 1.82) is 0 Å². The number of aromatic amines is 1. The quantitative estimate of drug-likeness (QED) is 0.770. The zero-order chi connectivity index (χ0) is 10.7. The molecule has 2 aromatic rings. The van der Waals surface area contributed by atoms with Gasteiger partial charge in [0.2, 0.25) is 0 Å². The molecule has 1 amide bonds. The van der Waals surface area contributed by atoms with Crippen molar-refractivity contribution in [2.45, 2.75) is 0 Å². The first-order valence-corrected chi connectivity index (χ1v) is 5.05. The SMILES string of the molecule is C=C(C(=O)Nc1cn[nH]n1)c1cccs1. The van der Waals surface area contributed by atoms with Gasteiger partial charge < -0.3 is 5.32 Å². The molecule has 0 spiro atoms. The van der Waals surface area contributed by atoms with E-state index in [4.69, 9.17) is 0 Å². The smallest absolute Gasteiger partial charge is 0.257 e. The molecule has 76 valence electrons. The molecule has 0 fully saturated rings. The van der Waals surface area contributed by atoms with Gasteiger partial charge >= 0.3 is 0 Å². The lowest BCUT2D eigenvalue weighted by Crippen LogP contribution is -2.12. The van der Waals surface area contributed by atoms with E-state index >= 15 is 0 Å². The lowest BCUT2D eigenvalue weighted by atomic mass is 10.2. The van der Waals surface area contributed by atoms with E-state index in [1.54, 1.807) is 0 Å². The van der Waals surface area contributed by atoms with Gasteiger partial charge in [-0.2, -0.15) is 10.3 Å². The minimum Gasteiger partial charge on any atom is -0.304 e. The van der Waals surface area contributed by atoms with E-state index < -0.39 is 0 Å².